The van der Waals surface area contributed by atoms with E-state index in [0.29, 0.717) is 40.8 Å². The SMILES string of the molecule is Cc1ccc(C(=O)N([C@@H]2CCc3c(F)cc(Cl)cc32)[C@@H](C(N)=O)c2ccccc2)c(C)n1. The van der Waals surface area contributed by atoms with E-state index in [-0.39, 0.29) is 10.9 Å². The Balaban J connectivity index is 1.90. The predicted octanol–water partition coefficient (Wildman–Crippen LogP) is 4.85. The van der Waals surface area contributed by atoms with Crippen molar-refractivity contribution in [2.24, 2.45) is 5.73 Å². The van der Waals surface area contributed by atoms with Crippen LogP contribution in [0.25, 0.3) is 0 Å². The Morgan fingerprint density at radius 1 is 1.16 bits per heavy atom. The third kappa shape index (κ3) is 3.98. The maximum absolute atomic E-state index is 14.6. The summed E-state index contributed by atoms with van der Waals surface area (Å²) in [6.07, 6.45) is 0.880. The second-order valence-electron chi connectivity index (χ2n) is 8.02. The van der Waals surface area contributed by atoms with E-state index in [4.69, 9.17) is 17.3 Å². The Morgan fingerprint density at radius 2 is 1.88 bits per heavy atom. The molecule has 1 aliphatic rings. The Kier molecular flexibility index (Phi) is 5.98. The molecule has 2 N–H and O–H groups in total. The van der Waals surface area contributed by atoms with Crippen molar-refractivity contribution in [1.82, 2.24) is 9.88 Å². The van der Waals surface area contributed by atoms with Crippen molar-refractivity contribution in [3.8, 4) is 0 Å². The van der Waals surface area contributed by atoms with Gasteiger partial charge in [-0.05, 0) is 67.6 Å². The lowest BCUT2D eigenvalue weighted by atomic mass is 9.97. The predicted molar refractivity (Wildman–Crippen MR) is 121 cm³/mol. The van der Waals surface area contributed by atoms with Crippen molar-refractivity contribution >= 4 is 23.4 Å². The number of hydrogen-bond donors (Lipinski definition) is 1. The molecule has 5 nitrogen and oxygen atoms in total. The summed E-state index contributed by atoms with van der Waals surface area (Å²) < 4.78 is 14.6. The van der Waals surface area contributed by atoms with Crippen LogP contribution in [0, 0.1) is 19.7 Å². The number of carbonyl (C=O) groups is 2. The monoisotopic (exact) mass is 451 g/mol. The summed E-state index contributed by atoms with van der Waals surface area (Å²) in [6, 6.07) is 13.7. The minimum Gasteiger partial charge on any atom is -0.368 e. The smallest absolute Gasteiger partial charge is 0.257 e. The molecule has 0 saturated heterocycles. The van der Waals surface area contributed by atoms with Crippen LogP contribution in [0.15, 0.2) is 54.6 Å². The van der Waals surface area contributed by atoms with Gasteiger partial charge >= 0.3 is 0 Å². The van der Waals surface area contributed by atoms with Gasteiger partial charge in [0.15, 0.2) is 0 Å². The number of amides is 2. The van der Waals surface area contributed by atoms with Crippen LogP contribution in [-0.2, 0) is 11.2 Å². The molecule has 0 spiro atoms. The third-order valence-electron chi connectivity index (χ3n) is 5.91. The summed E-state index contributed by atoms with van der Waals surface area (Å²) in [5.74, 6) is -1.47. The molecule has 2 aromatic carbocycles. The second-order valence-corrected chi connectivity index (χ2v) is 8.46. The molecule has 4 rings (SSSR count). The normalized spacial score (nSPS) is 15.8. The summed E-state index contributed by atoms with van der Waals surface area (Å²) in [5.41, 5.74) is 9.23. The summed E-state index contributed by atoms with van der Waals surface area (Å²) in [7, 11) is 0. The highest BCUT2D eigenvalue weighted by Gasteiger charge is 2.40. The molecule has 32 heavy (non-hydrogen) atoms. The Labute approximate surface area is 191 Å². The first kappa shape index (κ1) is 22.0. The third-order valence-corrected chi connectivity index (χ3v) is 6.13. The molecule has 0 unspecified atom stereocenters. The summed E-state index contributed by atoms with van der Waals surface area (Å²) >= 11 is 6.15. The number of aromatic nitrogens is 1. The zero-order valence-corrected chi connectivity index (χ0v) is 18.6. The van der Waals surface area contributed by atoms with Crippen LogP contribution in [0.2, 0.25) is 5.02 Å². The lowest BCUT2D eigenvalue weighted by molar-refractivity contribution is -0.123. The van der Waals surface area contributed by atoms with Crippen LogP contribution >= 0.6 is 11.6 Å². The molecule has 7 heteroatoms. The largest absolute Gasteiger partial charge is 0.368 e. The van der Waals surface area contributed by atoms with Gasteiger partial charge in [-0.3, -0.25) is 14.6 Å². The molecule has 0 bridgehead atoms. The van der Waals surface area contributed by atoms with Gasteiger partial charge in [-0.25, -0.2) is 4.39 Å². The van der Waals surface area contributed by atoms with Gasteiger partial charge in [-0.15, -0.1) is 0 Å². The maximum atomic E-state index is 14.6. The van der Waals surface area contributed by atoms with E-state index in [1.807, 2.05) is 13.0 Å². The van der Waals surface area contributed by atoms with Crippen LogP contribution < -0.4 is 5.73 Å². The molecule has 164 valence electrons. The van der Waals surface area contributed by atoms with Crippen molar-refractivity contribution in [3.63, 3.8) is 0 Å². The molecular weight excluding hydrogens is 429 g/mol. The van der Waals surface area contributed by atoms with Crippen molar-refractivity contribution in [2.45, 2.75) is 38.8 Å². The fourth-order valence-electron chi connectivity index (χ4n) is 4.50. The van der Waals surface area contributed by atoms with Gasteiger partial charge < -0.3 is 10.6 Å². The molecule has 0 radical (unpaired) electrons. The number of primary amides is 1. The number of nitrogens with zero attached hydrogens (tertiary/aromatic N) is 2. The Morgan fingerprint density at radius 3 is 2.53 bits per heavy atom. The highest BCUT2D eigenvalue weighted by molar-refractivity contribution is 6.30. The van der Waals surface area contributed by atoms with Crippen molar-refractivity contribution in [1.29, 1.82) is 0 Å². The molecule has 2 amide bonds. The molecule has 0 aliphatic heterocycles. The highest BCUT2D eigenvalue weighted by Crippen LogP contribution is 2.43. The highest BCUT2D eigenvalue weighted by atomic mass is 35.5. The lowest BCUT2D eigenvalue weighted by Gasteiger charge is -2.36. The first-order valence-corrected chi connectivity index (χ1v) is 10.7. The van der Waals surface area contributed by atoms with Gasteiger partial charge in [0.05, 0.1) is 17.3 Å². The number of aryl methyl sites for hydroxylation is 2. The molecule has 3 aromatic rings. The van der Waals surface area contributed by atoms with Gasteiger partial charge in [-0.2, -0.15) is 0 Å². The molecular formula is C25H23ClFN3O2. The number of benzene rings is 2. The summed E-state index contributed by atoms with van der Waals surface area (Å²) in [4.78, 5) is 32.5. The minimum atomic E-state index is -1.04. The van der Waals surface area contributed by atoms with E-state index in [2.05, 4.69) is 4.98 Å². The van der Waals surface area contributed by atoms with Gasteiger partial charge in [0, 0.05) is 10.7 Å². The van der Waals surface area contributed by atoms with E-state index >= 15 is 0 Å². The molecule has 2 atom stereocenters. The molecule has 0 fully saturated rings. The fraction of sp³-hybridized carbons (Fsp3) is 0.240. The summed E-state index contributed by atoms with van der Waals surface area (Å²) in [5, 5.41) is 0.240. The van der Waals surface area contributed by atoms with Crippen molar-refractivity contribution in [3.05, 3.63) is 99.1 Å². The van der Waals surface area contributed by atoms with Gasteiger partial charge in [0.2, 0.25) is 5.91 Å². The fourth-order valence-corrected chi connectivity index (χ4v) is 4.71. The number of hydrogen-bond acceptors (Lipinski definition) is 3. The number of carbonyl (C=O) groups excluding carboxylic acids is 2. The van der Waals surface area contributed by atoms with E-state index < -0.39 is 23.8 Å². The molecule has 1 aliphatic carbocycles. The van der Waals surface area contributed by atoms with Crippen LogP contribution in [0.4, 0.5) is 4.39 Å². The second kappa shape index (κ2) is 8.71. The Hall–Kier alpha value is -3.25. The first-order chi connectivity index (χ1) is 15.3. The van der Waals surface area contributed by atoms with E-state index in [1.165, 1.54) is 11.0 Å². The quantitative estimate of drug-likeness (QED) is 0.602. The number of rotatable bonds is 5. The zero-order chi connectivity index (χ0) is 23.0. The standard InChI is InChI=1S/C25H23ClFN3O2/c1-14-8-9-18(15(2)29-14)25(32)30(23(24(28)31)16-6-4-3-5-7-16)22-11-10-19-20(22)12-17(26)13-21(19)27/h3-9,12-13,22-23H,10-11H2,1-2H3,(H2,28,31)/t22-,23-/m1/s1. The van der Waals surface area contributed by atoms with Crippen LogP contribution in [-0.4, -0.2) is 21.7 Å². The van der Waals surface area contributed by atoms with Crippen LogP contribution in [0.1, 0.15) is 56.9 Å². The van der Waals surface area contributed by atoms with Gasteiger partial charge in [0.1, 0.15) is 11.9 Å². The van der Waals surface area contributed by atoms with Crippen molar-refractivity contribution in [2.75, 3.05) is 0 Å². The van der Waals surface area contributed by atoms with Crippen LogP contribution in [0.5, 0.6) is 0 Å². The number of halogens is 2. The van der Waals surface area contributed by atoms with E-state index in [0.717, 1.165) is 5.69 Å². The van der Waals surface area contributed by atoms with E-state index in [1.54, 1.807) is 49.4 Å². The Bertz CT molecular complexity index is 1200. The lowest BCUT2D eigenvalue weighted by Crippen LogP contribution is -2.43. The topological polar surface area (TPSA) is 76.3 Å². The molecule has 1 aromatic heterocycles. The van der Waals surface area contributed by atoms with Gasteiger partial charge in [-0.1, -0.05) is 41.9 Å². The average Bonchev–Trinajstić information content (AvgIpc) is 3.15. The average molecular weight is 452 g/mol. The van der Waals surface area contributed by atoms with Crippen LogP contribution in [0.3, 0.4) is 0 Å². The van der Waals surface area contributed by atoms with E-state index in [9.17, 15) is 14.0 Å². The summed E-state index contributed by atoms with van der Waals surface area (Å²) in [6.45, 7) is 3.59. The maximum Gasteiger partial charge on any atom is 0.257 e. The molecule has 1 heterocycles. The van der Waals surface area contributed by atoms with Crippen molar-refractivity contribution < 1.29 is 14.0 Å². The number of nitrogens with two attached hydrogens (primary N) is 1. The van der Waals surface area contributed by atoms with Gasteiger partial charge in [0.25, 0.3) is 5.91 Å². The minimum absolute atomic E-state index is 0.240. The number of pyridine rings is 1. The zero-order valence-electron chi connectivity index (χ0n) is 17.8. The molecule has 0 saturated carbocycles. The number of fused-ring (bicyclic) bond motifs is 1. The first-order valence-electron chi connectivity index (χ1n) is 10.4.